The van der Waals surface area contributed by atoms with Gasteiger partial charge < -0.3 is 9.84 Å². The van der Waals surface area contributed by atoms with Gasteiger partial charge in [-0.2, -0.15) is 5.10 Å². The summed E-state index contributed by atoms with van der Waals surface area (Å²) >= 11 is 0. The maximum atomic E-state index is 9.26. The summed E-state index contributed by atoms with van der Waals surface area (Å²) in [6.07, 6.45) is 3.47. The normalized spacial score (nSPS) is 10.7. The van der Waals surface area contributed by atoms with E-state index >= 15 is 0 Å². The summed E-state index contributed by atoms with van der Waals surface area (Å²) in [5.74, 6) is 0. The highest BCUT2D eigenvalue weighted by atomic mass is 16.5. The second-order valence-electron chi connectivity index (χ2n) is 3.64. The number of nitrogens with zero attached hydrogens (tertiary/aromatic N) is 3. The second kappa shape index (κ2) is 5.56. The topological polar surface area (TPSA) is 60.2 Å². The molecule has 90 valence electrons. The van der Waals surface area contributed by atoms with Crippen molar-refractivity contribution in [2.24, 2.45) is 0 Å². The SMILES string of the molecule is COCCn1nc(-c2cccnc2)cc1CO. The fourth-order valence-electron chi connectivity index (χ4n) is 1.61. The van der Waals surface area contributed by atoms with Crippen molar-refractivity contribution in [3.63, 3.8) is 0 Å². The first-order chi connectivity index (χ1) is 8.35. The Bertz CT molecular complexity index is 468. The molecule has 0 aliphatic rings. The van der Waals surface area contributed by atoms with Gasteiger partial charge in [0.15, 0.2) is 0 Å². The Hall–Kier alpha value is -1.72. The van der Waals surface area contributed by atoms with Crippen molar-refractivity contribution in [3.05, 3.63) is 36.3 Å². The molecule has 0 aromatic carbocycles. The first-order valence-electron chi connectivity index (χ1n) is 5.42. The molecule has 2 rings (SSSR count). The quantitative estimate of drug-likeness (QED) is 0.839. The number of aromatic nitrogens is 3. The van der Waals surface area contributed by atoms with Crippen LogP contribution in [-0.4, -0.2) is 33.6 Å². The molecule has 0 aliphatic carbocycles. The molecule has 0 saturated heterocycles. The minimum atomic E-state index is -0.0308. The third kappa shape index (κ3) is 2.69. The number of hydrogen-bond donors (Lipinski definition) is 1. The number of aliphatic hydroxyl groups excluding tert-OH is 1. The van der Waals surface area contributed by atoms with Crippen LogP contribution in [0.1, 0.15) is 5.69 Å². The van der Waals surface area contributed by atoms with Crippen LogP contribution in [0.4, 0.5) is 0 Å². The van der Waals surface area contributed by atoms with E-state index < -0.39 is 0 Å². The van der Waals surface area contributed by atoms with Crippen LogP contribution in [0, 0.1) is 0 Å². The molecule has 1 N–H and O–H groups in total. The minimum absolute atomic E-state index is 0.0308. The standard InChI is InChI=1S/C12H15N3O2/c1-17-6-5-15-11(9-16)7-12(14-15)10-3-2-4-13-8-10/h2-4,7-8,16H,5-6,9H2,1H3. The molecule has 0 amide bonds. The highest BCUT2D eigenvalue weighted by molar-refractivity contribution is 5.57. The molecule has 2 aromatic heterocycles. The van der Waals surface area contributed by atoms with E-state index in [1.165, 1.54) is 0 Å². The zero-order valence-corrected chi connectivity index (χ0v) is 9.71. The van der Waals surface area contributed by atoms with Crippen molar-refractivity contribution in [1.82, 2.24) is 14.8 Å². The van der Waals surface area contributed by atoms with E-state index in [9.17, 15) is 5.11 Å². The zero-order valence-electron chi connectivity index (χ0n) is 9.71. The first kappa shape index (κ1) is 11.8. The Morgan fingerprint density at radius 1 is 1.47 bits per heavy atom. The van der Waals surface area contributed by atoms with Crippen molar-refractivity contribution >= 4 is 0 Å². The van der Waals surface area contributed by atoms with Crippen molar-refractivity contribution < 1.29 is 9.84 Å². The monoisotopic (exact) mass is 233 g/mol. The van der Waals surface area contributed by atoms with E-state index in [-0.39, 0.29) is 6.61 Å². The lowest BCUT2D eigenvalue weighted by atomic mass is 10.2. The van der Waals surface area contributed by atoms with Crippen LogP contribution < -0.4 is 0 Å². The third-order valence-corrected chi connectivity index (χ3v) is 2.49. The summed E-state index contributed by atoms with van der Waals surface area (Å²) in [4.78, 5) is 4.05. The summed E-state index contributed by atoms with van der Waals surface area (Å²) in [6.45, 7) is 1.17. The summed E-state index contributed by atoms with van der Waals surface area (Å²) in [7, 11) is 1.64. The van der Waals surface area contributed by atoms with Gasteiger partial charge in [0.05, 0.1) is 31.1 Å². The minimum Gasteiger partial charge on any atom is -0.390 e. The molecule has 0 spiro atoms. The number of methoxy groups -OCH3 is 1. The lowest BCUT2D eigenvalue weighted by Gasteiger charge is -2.03. The third-order valence-electron chi connectivity index (χ3n) is 2.49. The van der Waals surface area contributed by atoms with Gasteiger partial charge in [0, 0.05) is 25.1 Å². The summed E-state index contributed by atoms with van der Waals surface area (Å²) in [6, 6.07) is 5.67. The van der Waals surface area contributed by atoms with E-state index in [0.717, 1.165) is 17.0 Å². The van der Waals surface area contributed by atoms with Crippen LogP contribution in [0.25, 0.3) is 11.3 Å². The van der Waals surface area contributed by atoms with Gasteiger partial charge in [0.25, 0.3) is 0 Å². The number of hydrogen-bond acceptors (Lipinski definition) is 4. The van der Waals surface area contributed by atoms with Crippen LogP contribution in [0.3, 0.4) is 0 Å². The van der Waals surface area contributed by atoms with Crippen molar-refractivity contribution in [1.29, 1.82) is 0 Å². The van der Waals surface area contributed by atoms with E-state index in [1.54, 1.807) is 24.2 Å². The van der Waals surface area contributed by atoms with Gasteiger partial charge >= 0.3 is 0 Å². The lowest BCUT2D eigenvalue weighted by Crippen LogP contribution is -2.09. The van der Waals surface area contributed by atoms with E-state index in [1.807, 2.05) is 18.2 Å². The second-order valence-corrected chi connectivity index (χ2v) is 3.64. The number of rotatable bonds is 5. The van der Waals surface area contributed by atoms with Gasteiger partial charge in [-0.05, 0) is 18.2 Å². The zero-order chi connectivity index (χ0) is 12.1. The lowest BCUT2D eigenvalue weighted by molar-refractivity contribution is 0.179. The maximum Gasteiger partial charge on any atom is 0.0942 e. The average molecular weight is 233 g/mol. The maximum absolute atomic E-state index is 9.26. The molecule has 0 saturated carbocycles. The molecule has 2 aromatic rings. The van der Waals surface area contributed by atoms with Gasteiger partial charge in [-0.25, -0.2) is 0 Å². The Kier molecular flexibility index (Phi) is 3.85. The van der Waals surface area contributed by atoms with Crippen LogP contribution in [0.15, 0.2) is 30.6 Å². The smallest absolute Gasteiger partial charge is 0.0942 e. The molecule has 0 atom stereocenters. The molecule has 0 fully saturated rings. The Labute approximate surface area is 99.7 Å². The number of ether oxygens (including phenoxy) is 1. The van der Waals surface area contributed by atoms with E-state index in [2.05, 4.69) is 10.1 Å². The Morgan fingerprint density at radius 2 is 2.35 bits per heavy atom. The first-order valence-corrected chi connectivity index (χ1v) is 5.42. The Balaban J connectivity index is 2.28. The fourth-order valence-corrected chi connectivity index (χ4v) is 1.61. The summed E-state index contributed by atoms with van der Waals surface area (Å²) < 4.78 is 6.76. The van der Waals surface area contributed by atoms with Crippen LogP contribution in [0.5, 0.6) is 0 Å². The van der Waals surface area contributed by atoms with Gasteiger partial charge in [0.1, 0.15) is 0 Å². The van der Waals surface area contributed by atoms with Crippen LogP contribution in [-0.2, 0) is 17.9 Å². The van der Waals surface area contributed by atoms with E-state index in [0.29, 0.717) is 13.2 Å². The predicted octanol–water partition coefficient (Wildman–Crippen LogP) is 1.08. The largest absolute Gasteiger partial charge is 0.390 e. The molecule has 0 aliphatic heterocycles. The fraction of sp³-hybridized carbons (Fsp3) is 0.333. The van der Waals surface area contributed by atoms with Gasteiger partial charge in [-0.15, -0.1) is 0 Å². The molecular formula is C12H15N3O2. The van der Waals surface area contributed by atoms with Gasteiger partial charge in [0.2, 0.25) is 0 Å². The highest BCUT2D eigenvalue weighted by Crippen LogP contribution is 2.17. The summed E-state index contributed by atoms with van der Waals surface area (Å²) in [5.41, 5.74) is 2.54. The molecule has 0 unspecified atom stereocenters. The molecular weight excluding hydrogens is 218 g/mol. The summed E-state index contributed by atoms with van der Waals surface area (Å²) in [5, 5.41) is 13.7. The molecule has 0 radical (unpaired) electrons. The van der Waals surface area contributed by atoms with E-state index in [4.69, 9.17) is 4.74 Å². The number of pyridine rings is 1. The van der Waals surface area contributed by atoms with Crippen molar-refractivity contribution in [2.45, 2.75) is 13.2 Å². The van der Waals surface area contributed by atoms with Crippen molar-refractivity contribution in [2.75, 3.05) is 13.7 Å². The van der Waals surface area contributed by atoms with Gasteiger partial charge in [-0.3, -0.25) is 9.67 Å². The van der Waals surface area contributed by atoms with Crippen molar-refractivity contribution in [3.8, 4) is 11.3 Å². The predicted molar refractivity (Wildman–Crippen MR) is 63.3 cm³/mol. The Morgan fingerprint density at radius 3 is 3.00 bits per heavy atom. The van der Waals surface area contributed by atoms with Gasteiger partial charge in [-0.1, -0.05) is 0 Å². The van der Waals surface area contributed by atoms with Crippen LogP contribution in [0.2, 0.25) is 0 Å². The molecule has 0 bridgehead atoms. The number of aliphatic hydroxyl groups is 1. The molecule has 5 heteroatoms. The molecule has 5 nitrogen and oxygen atoms in total. The highest BCUT2D eigenvalue weighted by Gasteiger charge is 2.08. The molecule has 2 heterocycles. The molecule has 17 heavy (non-hydrogen) atoms. The van der Waals surface area contributed by atoms with Crippen LogP contribution >= 0.6 is 0 Å². The average Bonchev–Trinajstić information content (AvgIpc) is 2.80.